The number of hydroxylamine groups is 1. The summed E-state index contributed by atoms with van der Waals surface area (Å²) >= 11 is 0. The van der Waals surface area contributed by atoms with Crippen LogP contribution in [0.3, 0.4) is 0 Å². The van der Waals surface area contributed by atoms with Gasteiger partial charge in [0, 0.05) is 31.9 Å². The molecule has 3 N–H and O–H groups in total. The summed E-state index contributed by atoms with van der Waals surface area (Å²) in [7, 11) is 1.64. The Morgan fingerprint density at radius 2 is 1.36 bits per heavy atom. The molecular weight excluding hydrogens is 416 g/mol. The number of nitrogens with one attached hydrogen (secondary N) is 3. The first kappa shape index (κ1) is 26.8. The van der Waals surface area contributed by atoms with E-state index in [0.29, 0.717) is 6.54 Å². The van der Waals surface area contributed by atoms with Crippen LogP contribution < -0.4 is 21.0 Å². The second-order valence-corrected chi connectivity index (χ2v) is 7.89. The van der Waals surface area contributed by atoms with Gasteiger partial charge in [-0.3, -0.25) is 4.90 Å². The van der Waals surface area contributed by atoms with Crippen molar-refractivity contribution in [3.05, 3.63) is 66.2 Å². The molecule has 0 unspecified atom stereocenters. The number of carbonyl (C=O) groups is 1. The van der Waals surface area contributed by atoms with Gasteiger partial charge in [0.2, 0.25) is 0 Å². The Hall–Kier alpha value is -2.45. The highest BCUT2D eigenvalue weighted by atomic mass is 16.6. The molecule has 0 bridgehead atoms. The van der Waals surface area contributed by atoms with Crippen LogP contribution in [0.4, 0.5) is 10.5 Å². The second kappa shape index (κ2) is 18.0. The van der Waals surface area contributed by atoms with Crippen molar-refractivity contribution in [2.24, 2.45) is 0 Å². The van der Waals surface area contributed by atoms with E-state index in [1.807, 2.05) is 60.7 Å². The Balaban J connectivity index is 1.58. The first-order chi connectivity index (χ1) is 16.3. The molecular formula is C26H40N4O3. The summed E-state index contributed by atoms with van der Waals surface area (Å²) in [4.78, 5) is 19.3. The normalized spacial score (nSPS) is 10.8. The number of anilines is 1. The highest BCUT2D eigenvalue weighted by molar-refractivity contribution is 5.87. The van der Waals surface area contributed by atoms with Crippen LogP contribution in [0.15, 0.2) is 60.7 Å². The molecule has 7 heteroatoms. The molecule has 182 valence electrons. The molecule has 1 amide bonds. The fourth-order valence-electron chi connectivity index (χ4n) is 3.40. The Morgan fingerprint density at radius 1 is 0.758 bits per heavy atom. The van der Waals surface area contributed by atoms with Gasteiger partial charge < -0.3 is 20.2 Å². The molecule has 33 heavy (non-hydrogen) atoms. The number of hydrogen-bond donors (Lipinski definition) is 3. The van der Waals surface area contributed by atoms with E-state index < -0.39 is 0 Å². The van der Waals surface area contributed by atoms with Crippen LogP contribution in [-0.4, -0.2) is 52.5 Å². The van der Waals surface area contributed by atoms with Gasteiger partial charge in [-0.2, -0.15) is 0 Å². The van der Waals surface area contributed by atoms with Crippen molar-refractivity contribution in [2.45, 2.75) is 38.7 Å². The lowest BCUT2D eigenvalue weighted by Crippen LogP contribution is -2.32. The molecule has 2 aromatic carbocycles. The minimum atomic E-state index is -0.299. The lowest BCUT2D eigenvalue weighted by atomic mass is 10.2. The number of unbranched alkanes of at least 4 members (excludes halogenated alkanes) is 3. The van der Waals surface area contributed by atoms with E-state index in [2.05, 4.69) is 16.1 Å². The molecule has 0 saturated carbocycles. The SMILES string of the molecule is CONCCCCNCCNCCCCCN(C(=O)OCc1ccccc1)c1ccccc1. The van der Waals surface area contributed by atoms with Gasteiger partial charge >= 0.3 is 6.09 Å². The summed E-state index contributed by atoms with van der Waals surface area (Å²) in [6, 6.07) is 19.5. The molecule has 2 aromatic rings. The third kappa shape index (κ3) is 12.4. The topological polar surface area (TPSA) is 74.9 Å². The molecule has 0 radical (unpaired) electrons. The van der Waals surface area contributed by atoms with Crippen molar-refractivity contribution in [2.75, 3.05) is 51.3 Å². The molecule has 0 fully saturated rings. The molecule has 0 atom stereocenters. The third-order valence-electron chi connectivity index (χ3n) is 5.23. The molecule has 0 heterocycles. The van der Waals surface area contributed by atoms with Gasteiger partial charge in [-0.1, -0.05) is 55.0 Å². The minimum Gasteiger partial charge on any atom is -0.444 e. The van der Waals surface area contributed by atoms with Gasteiger partial charge in [-0.25, -0.2) is 10.3 Å². The number of benzene rings is 2. The predicted octanol–water partition coefficient (Wildman–Crippen LogP) is 4.11. The minimum absolute atomic E-state index is 0.283. The molecule has 2 rings (SSSR count). The summed E-state index contributed by atoms with van der Waals surface area (Å²) in [6.07, 6.45) is 5.03. The zero-order valence-corrected chi connectivity index (χ0v) is 19.9. The number of rotatable bonds is 18. The van der Waals surface area contributed by atoms with E-state index >= 15 is 0 Å². The van der Waals surface area contributed by atoms with Gasteiger partial charge in [0.05, 0.1) is 7.11 Å². The smallest absolute Gasteiger partial charge is 0.414 e. The van der Waals surface area contributed by atoms with Gasteiger partial charge in [0.25, 0.3) is 0 Å². The Morgan fingerprint density at radius 3 is 2.03 bits per heavy atom. The van der Waals surface area contributed by atoms with E-state index in [0.717, 1.165) is 76.1 Å². The van der Waals surface area contributed by atoms with Gasteiger partial charge in [0.1, 0.15) is 6.61 Å². The molecule has 0 aliphatic heterocycles. The number of amides is 1. The number of nitrogens with zero attached hydrogens (tertiary/aromatic N) is 1. The van der Waals surface area contributed by atoms with Crippen LogP contribution >= 0.6 is 0 Å². The second-order valence-electron chi connectivity index (χ2n) is 7.89. The molecule has 0 aliphatic rings. The zero-order chi connectivity index (χ0) is 23.4. The average molecular weight is 457 g/mol. The third-order valence-corrected chi connectivity index (χ3v) is 5.23. The maximum absolute atomic E-state index is 12.8. The summed E-state index contributed by atoms with van der Waals surface area (Å²) in [5, 5.41) is 6.92. The van der Waals surface area contributed by atoms with E-state index in [9.17, 15) is 4.79 Å². The first-order valence-electron chi connectivity index (χ1n) is 12.0. The van der Waals surface area contributed by atoms with Gasteiger partial charge in [-0.05, 0) is 56.5 Å². The van der Waals surface area contributed by atoms with Gasteiger partial charge in [-0.15, -0.1) is 0 Å². The summed E-state index contributed by atoms with van der Waals surface area (Å²) in [5.74, 6) is 0. The Bertz CT molecular complexity index is 731. The highest BCUT2D eigenvalue weighted by Gasteiger charge is 2.16. The fourth-order valence-corrected chi connectivity index (χ4v) is 3.40. The van der Waals surface area contributed by atoms with Crippen LogP contribution in [0.1, 0.15) is 37.7 Å². The number of ether oxygens (including phenoxy) is 1. The standard InChI is InChI=1S/C26H40N4O3/c1-32-29-19-11-10-18-28-21-20-27-17-9-4-12-22-30(25-15-7-3-8-16-25)26(31)33-23-24-13-5-2-6-14-24/h2-3,5-8,13-16,27-29H,4,9-12,17-23H2,1H3. The van der Waals surface area contributed by atoms with E-state index in [4.69, 9.17) is 9.57 Å². The van der Waals surface area contributed by atoms with E-state index in [1.54, 1.807) is 12.0 Å². The van der Waals surface area contributed by atoms with Crippen LogP contribution in [-0.2, 0) is 16.2 Å². The quantitative estimate of drug-likeness (QED) is 0.232. The maximum Gasteiger partial charge on any atom is 0.414 e. The van der Waals surface area contributed by atoms with Crippen LogP contribution in [0.2, 0.25) is 0 Å². The summed E-state index contributed by atoms with van der Waals surface area (Å²) in [6.45, 7) is 5.79. The maximum atomic E-state index is 12.8. The number of para-hydroxylation sites is 1. The molecule has 0 aromatic heterocycles. The van der Waals surface area contributed by atoms with Crippen molar-refractivity contribution in [1.29, 1.82) is 0 Å². The van der Waals surface area contributed by atoms with Crippen molar-refractivity contribution >= 4 is 11.8 Å². The van der Waals surface area contributed by atoms with Crippen LogP contribution in [0, 0.1) is 0 Å². The zero-order valence-electron chi connectivity index (χ0n) is 19.9. The Labute approximate surface area is 198 Å². The summed E-state index contributed by atoms with van der Waals surface area (Å²) < 4.78 is 5.57. The highest BCUT2D eigenvalue weighted by Crippen LogP contribution is 2.16. The van der Waals surface area contributed by atoms with Crippen LogP contribution in [0.5, 0.6) is 0 Å². The molecule has 0 spiro atoms. The lowest BCUT2D eigenvalue weighted by molar-refractivity contribution is 0.0906. The molecule has 0 saturated heterocycles. The van der Waals surface area contributed by atoms with Crippen molar-refractivity contribution in [1.82, 2.24) is 16.1 Å². The number of carbonyl (C=O) groups excluding carboxylic acids is 1. The number of hydrogen-bond acceptors (Lipinski definition) is 6. The van der Waals surface area contributed by atoms with Gasteiger partial charge in [0.15, 0.2) is 0 Å². The van der Waals surface area contributed by atoms with Crippen LogP contribution in [0.25, 0.3) is 0 Å². The largest absolute Gasteiger partial charge is 0.444 e. The predicted molar refractivity (Wildman–Crippen MR) is 134 cm³/mol. The van der Waals surface area contributed by atoms with Crippen molar-refractivity contribution in [3.8, 4) is 0 Å². The fraction of sp³-hybridized carbons (Fsp3) is 0.500. The molecule has 7 nitrogen and oxygen atoms in total. The Kier molecular flexibility index (Phi) is 14.6. The lowest BCUT2D eigenvalue weighted by Gasteiger charge is -2.22. The summed E-state index contributed by atoms with van der Waals surface area (Å²) in [5.41, 5.74) is 4.71. The average Bonchev–Trinajstić information content (AvgIpc) is 2.86. The first-order valence-corrected chi connectivity index (χ1v) is 12.0. The van der Waals surface area contributed by atoms with Crippen molar-refractivity contribution in [3.63, 3.8) is 0 Å². The van der Waals surface area contributed by atoms with Crippen molar-refractivity contribution < 1.29 is 14.4 Å². The monoisotopic (exact) mass is 456 g/mol. The van der Waals surface area contributed by atoms with E-state index in [1.165, 1.54) is 0 Å². The molecule has 0 aliphatic carbocycles. The van der Waals surface area contributed by atoms with E-state index in [-0.39, 0.29) is 12.7 Å².